The first-order chi connectivity index (χ1) is 19.4. The van der Waals surface area contributed by atoms with Gasteiger partial charge in [0.2, 0.25) is 5.91 Å². The zero-order valence-electron chi connectivity index (χ0n) is 21.9. The van der Waals surface area contributed by atoms with Crippen molar-refractivity contribution in [2.24, 2.45) is 7.05 Å². The first-order valence-electron chi connectivity index (χ1n) is 11.9. The van der Waals surface area contributed by atoms with E-state index in [1.54, 1.807) is 31.2 Å². The summed E-state index contributed by atoms with van der Waals surface area (Å²) in [6, 6.07) is 16.1. The lowest BCUT2D eigenvalue weighted by Crippen LogP contribution is -2.54. The number of rotatable bonds is 8. The van der Waals surface area contributed by atoms with Gasteiger partial charge in [0, 0.05) is 23.7 Å². The van der Waals surface area contributed by atoms with Gasteiger partial charge in [-0.3, -0.25) is 4.79 Å². The molecular formula is C27H23F3N4O6S. The fourth-order valence-electron chi connectivity index (χ4n) is 3.82. The summed E-state index contributed by atoms with van der Waals surface area (Å²) in [5.41, 5.74) is -6.35. The molecule has 14 heteroatoms. The van der Waals surface area contributed by atoms with Gasteiger partial charge in [-0.25, -0.2) is 28.1 Å². The summed E-state index contributed by atoms with van der Waals surface area (Å²) in [4.78, 5) is 51.6. The Morgan fingerprint density at radius 2 is 1.63 bits per heavy atom. The number of alkyl halides is 3. The van der Waals surface area contributed by atoms with Crippen LogP contribution in [0.2, 0.25) is 0 Å². The second-order valence-corrected chi connectivity index (χ2v) is 9.82. The fourth-order valence-corrected chi connectivity index (χ4v) is 4.36. The molecule has 214 valence electrons. The van der Waals surface area contributed by atoms with Crippen LogP contribution < -0.4 is 31.9 Å². The largest absolute Gasteiger partial charge is 0.497 e. The quantitative estimate of drug-likeness (QED) is 0.309. The average Bonchev–Trinajstić information content (AvgIpc) is 2.92. The Morgan fingerprint density at radius 1 is 0.927 bits per heavy atom. The van der Waals surface area contributed by atoms with Gasteiger partial charge in [0.05, 0.1) is 12.8 Å². The molecule has 0 aliphatic carbocycles. The highest BCUT2D eigenvalue weighted by molar-refractivity contribution is 8.00. The number of anilines is 1. The van der Waals surface area contributed by atoms with Gasteiger partial charge in [-0.05, 0) is 78.8 Å². The number of ether oxygens (including phenoxy) is 2. The number of aromatic nitrogens is 3. The minimum Gasteiger partial charge on any atom is -0.497 e. The normalized spacial score (nSPS) is 11.3. The lowest BCUT2D eigenvalue weighted by atomic mass is 10.2. The van der Waals surface area contributed by atoms with E-state index in [-0.39, 0.29) is 28.1 Å². The summed E-state index contributed by atoms with van der Waals surface area (Å²) in [7, 11) is 2.65. The van der Waals surface area contributed by atoms with E-state index in [9.17, 15) is 32.3 Å². The van der Waals surface area contributed by atoms with Gasteiger partial charge in [-0.15, -0.1) is 0 Å². The Labute approximate surface area is 234 Å². The van der Waals surface area contributed by atoms with Crippen LogP contribution in [0.5, 0.6) is 17.2 Å². The Bertz CT molecular complexity index is 1780. The van der Waals surface area contributed by atoms with Gasteiger partial charge in [0.1, 0.15) is 23.8 Å². The zero-order chi connectivity index (χ0) is 29.9. The Kier molecular flexibility index (Phi) is 8.42. The summed E-state index contributed by atoms with van der Waals surface area (Å²) >= 11 is -0.244. The number of nitrogens with one attached hydrogen (secondary N) is 1. The third-order valence-electron chi connectivity index (χ3n) is 5.78. The highest BCUT2D eigenvalue weighted by Gasteiger charge is 2.29. The molecule has 0 atom stereocenters. The van der Waals surface area contributed by atoms with Crippen molar-refractivity contribution < 1.29 is 27.4 Å². The van der Waals surface area contributed by atoms with Crippen molar-refractivity contribution in [2.75, 3.05) is 12.4 Å². The first kappa shape index (κ1) is 29.3. The molecule has 0 saturated heterocycles. The van der Waals surface area contributed by atoms with E-state index in [0.717, 1.165) is 4.57 Å². The van der Waals surface area contributed by atoms with Crippen molar-refractivity contribution in [3.05, 3.63) is 104 Å². The standard InChI is InChI=1S/C27H23F3N4O6S/c1-16-13-18(7-12-22(16)40-19-8-10-21(11-9-19)41-27(28,29)30)34-25(37)32(2)24(36)33(26(34)38)15-23(35)31-17-5-4-6-20(14-17)39-3/h4-14H,15H2,1-3H3,(H,31,35). The molecule has 3 aromatic carbocycles. The summed E-state index contributed by atoms with van der Waals surface area (Å²) in [5.74, 6) is 0.406. The summed E-state index contributed by atoms with van der Waals surface area (Å²) in [5, 5.41) is 2.58. The van der Waals surface area contributed by atoms with Crippen molar-refractivity contribution in [1.29, 1.82) is 0 Å². The molecule has 0 spiro atoms. The number of hydrogen-bond donors (Lipinski definition) is 1. The first-order valence-corrected chi connectivity index (χ1v) is 12.7. The minimum absolute atomic E-state index is 0.000518. The molecule has 1 aromatic heterocycles. The van der Waals surface area contributed by atoms with Crippen LogP contribution in [-0.2, 0) is 18.4 Å². The predicted octanol–water partition coefficient (Wildman–Crippen LogP) is 4.06. The summed E-state index contributed by atoms with van der Waals surface area (Å²) in [6.07, 6.45) is 0. The predicted molar refractivity (Wildman–Crippen MR) is 146 cm³/mol. The Hall–Kier alpha value is -4.72. The summed E-state index contributed by atoms with van der Waals surface area (Å²) in [6.45, 7) is 0.978. The second kappa shape index (κ2) is 11.8. The molecule has 1 heterocycles. The molecule has 4 aromatic rings. The number of aryl methyl sites for hydroxylation is 1. The van der Waals surface area contributed by atoms with Gasteiger partial charge < -0.3 is 14.8 Å². The van der Waals surface area contributed by atoms with E-state index in [1.807, 2.05) is 0 Å². The fraction of sp³-hybridized carbons (Fsp3) is 0.185. The number of thioether (sulfide) groups is 1. The molecule has 1 N–H and O–H groups in total. The third kappa shape index (κ3) is 6.90. The van der Waals surface area contributed by atoms with Crippen LogP contribution in [0.4, 0.5) is 18.9 Å². The van der Waals surface area contributed by atoms with E-state index in [4.69, 9.17) is 9.47 Å². The molecule has 41 heavy (non-hydrogen) atoms. The Balaban J connectivity index is 1.60. The number of nitrogens with zero attached hydrogens (tertiary/aromatic N) is 3. The van der Waals surface area contributed by atoms with Gasteiger partial charge in [-0.1, -0.05) is 6.07 Å². The molecule has 0 saturated carbocycles. The highest BCUT2D eigenvalue weighted by Crippen LogP contribution is 2.37. The molecular weight excluding hydrogens is 565 g/mol. The lowest BCUT2D eigenvalue weighted by molar-refractivity contribution is -0.116. The van der Waals surface area contributed by atoms with Crippen LogP contribution in [0.3, 0.4) is 0 Å². The third-order valence-corrected chi connectivity index (χ3v) is 6.51. The molecule has 10 nitrogen and oxygen atoms in total. The molecule has 0 radical (unpaired) electrons. The topological polar surface area (TPSA) is 114 Å². The van der Waals surface area contributed by atoms with Crippen LogP contribution in [0.25, 0.3) is 5.69 Å². The van der Waals surface area contributed by atoms with Crippen LogP contribution in [-0.4, -0.2) is 32.2 Å². The number of methoxy groups -OCH3 is 1. The maximum Gasteiger partial charge on any atom is 0.446 e. The van der Waals surface area contributed by atoms with E-state index in [1.165, 1.54) is 56.6 Å². The van der Waals surface area contributed by atoms with E-state index >= 15 is 0 Å². The molecule has 0 fully saturated rings. The molecule has 1 amide bonds. The second-order valence-electron chi connectivity index (χ2n) is 8.68. The van der Waals surface area contributed by atoms with Gasteiger partial charge in [-0.2, -0.15) is 13.2 Å². The van der Waals surface area contributed by atoms with Crippen molar-refractivity contribution in [2.45, 2.75) is 23.9 Å². The number of benzene rings is 3. The van der Waals surface area contributed by atoms with Crippen molar-refractivity contribution >= 4 is 23.4 Å². The number of carbonyl (C=O) groups excluding carboxylic acids is 1. The van der Waals surface area contributed by atoms with Gasteiger partial charge in [0.25, 0.3) is 0 Å². The van der Waals surface area contributed by atoms with E-state index in [0.29, 0.717) is 31.9 Å². The van der Waals surface area contributed by atoms with Crippen LogP contribution >= 0.6 is 11.8 Å². The lowest BCUT2D eigenvalue weighted by Gasteiger charge is -2.14. The Morgan fingerprint density at radius 3 is 2.27 bits per heavy atom. The number of hydrogen-bond acceptors (Lipinski definition) is 7. The average molecular weight is 589 g/mol. The molecule has 0 aliphatic heterocycles. The molecule has 0 bridgehead atoms. The van der Waals surface area contributed by atoms with Gasteiger partial charge in [0.15, 0.2) is 0 Å². The molecule has 4 rings (SSSR count). The van der Waals surface area contributed by atoms with E-state index in [2.05, 4.69) is 5.32 Å². The van der Waals surface area contributed by atoms with E-state index < -0.39 is 35.0 Å². The number of carbonyl (C=O) groups is 1. The van der Waals surface area contributed by atoms with Gasteiger partial charge >= 0.3 is 22.6 Å². The van der Waals surface area contributed by atoms with Crippen LogP contribution in [0, 0.1) is 6.92 Å². The number of amides is 1. The maximum absolute atomic E-state index is 13.3. The smallest absolute Gasteiger partial charge is 0.446 e. The zero-order valence-corrected chi connectivity index (χ0v) is 22.7. The molecule has 0 aliphatic rings. The van der Waals surface area contributed by atoms with Crippen LogP contribution in [0.1, 0.15) is 5.56 Å². The molecule has 0 unspecified atom stereocenters. The highest BCUT2D eigenvalue weighted by atomic mass is 32.2. The summed E-state index contributed by atoms with van der Waals surface area (Å²) < 4.78 is 50.7. The number of halogens is 3. The van der Waals surface area contributed by atoms with Crippen molar-refractivity contribution in [1.82, 2.24) is 13.7 Å². The van der Waals surface area contributed by atoms with Crippen molar-refractivity contribution in [3.8, 4) is 22.9 Å². The SMILES string of the molecule is COc1cccc(NC(=O)Cn2c(=O)n(C)c(=O)n(-c3ccc(Oc4ccc(SC(F)(F)F)cc4)c(C)c3)c2=O)c1. The van der Waals surface area contributed by atoms with Crippen molar-refractivity contribution in [3.63, 3.8) is 0 Å². The monoisotopic (exact) mass is 588 g/mol. The van der Waals surface area contributed by atoms with Crippen LogP contribution in [0.15, 0.2) is 86.0 Å². The minimum atomic E-state index is -4.41. The maximum atomic E-state index is 13.3.